The molecule has 4 aromatic heterocycles. The lowest BCUT2D eigenvalue weighted by Crippen LogP contribution is -2.14. The smallest absolute Gasteiger partial charge is 0.228 e. The summed E-state index contributed by atoms with van der Waals surface area (Å²) in [6.45, 7) is 2.01. The molecule has 1 aliphatic rings. The first-order valence-corrected chi connectivity index (χ1v) is 9.75. The van der Waals surface area contributed by atoms with Crippen LogP contribution in [0.4, 0.5) is 11.6 Å². The SMILES string of the molecule is Cc1ccncc1-c1cc2cc(NC(=O)C3CC3)ncc2c(N)n1.c1ccncc1. The van der Waals surface area contributed by atoms with Crippen LogP contribution >= 0.6 is 0 Å². The number of nitrogens with zero attached hydrogens (tertiary/aromatic N) is 4. The van der Waals surface area contributed by atoms with Crippen molar-refractivity contribution in [1.82, 2.24) is 19.9 Å². The topological polar surface area (TPSA) is 107 Å². The molecular formula is C23H22N6O. The minimum absolute atomic E-state index is 0.0344. The van der Waals surface area contributed by atoms with E-state index in [-0.39, 0.29) is 11.8 Å². The molecule has 1 amide bonds. The molecule has 0 atom stereocenters. The van der Waals surface area contributed by atoms with Crippen molar-refractivity contribution in [3.05, 3.63) is 72.9 Å². The minimum atomic E-state index is 0.0344. The van der Waals surface area contributed by atoms with E-state index in [1.807, 2.05) is 43.3 Å². The number of nitrogens with one attached hydrogen (secondary N) is 1. The summed E-state index contributed by atoms with van der Waals surface area (Å²) >= 11 is 0. The van der Waals surface area contributed by atoms with Crippen molar-refractivity contribution in [2.75, 3.05) is 11.1 Å². The van der Waals surface area contributed by atoms with E-state index >= 15 is 0 Å². The summed E-state index contributed by atoms with van der Waals surface area (Å²) in [6.07, 6.45) is 10.6. The summed E-state index contributed by atoms with van der Waals surface area (Å²) in [5.41, 5.74) is 8.87. The van der Waals surface area contributed by atoms with Crippen molar-refractivity contribution >= 4 is 28.3 Å². The first-order valence-electron chi connectivity index (χ1n) is 9.75. The van der Waals surface area contributed by atoms with Crippen molar-refractivity contribution in [2.24, 2.45) is 5.92 Å². The molecule has 0 radical (unpaired) electrons. The molecule has 5 rings (SSSR count). The first-order chi connectivity index (χ1) is 14.6. The van der Waals surface area contributed by atoms with Gasteiger partial charge in [0.05, 0.1) is 5.69 Å². The van der Waals surface area contributed by atoms with E-state index in [1.54, 1.807) is 31.0 Å². The molecule has 30 heavy (non-hydrogen) atoms. The van der Waals surface area contributed by atoms with E-state index in [0.29, 0.717) is 11.6 Å². The predicted octanol–water partition coefficient (Wildman–Crippen LogP) is 4.01. The highest BCUT2D eigenvalue weighted by molar-refractivity contribution is 5.98. The second-order valence-corrected chi connectivity index (χ2v) is 7.16. The zero-order valence-corrected chi connectivity index (χ0v) is 16.6. The molecular weight excluding hydrogens is 376 g/mol. The van der Waals surface area contributed by atoms with Crippen molar-refractivity contribution in [3.63, 3.8) is 0 Å². The van der Waals surface area contributed by atoms with Crippen LogP contribution in [0.2, 0.25) is 0 Å². The third-order valence-electron chi connectivity index (χ3n) is 4.83. The molecule has 7 nitrogen and oxygen atoms in total. The lowest BCUT2D eigenvalue weighted by Gasteiger charge is -2.10. The molecule has 0 bridgehead atoms. The Bertz CT molecular complexity index is 1150. The fraction of sp³-hybridized carbons (Fsp3) is 0.174. The number of hydrogen-bond acceptors (Lipinski definition) is 6. The number of aryl methyl sites for hydroxylation is 1. The number of amides is 1. The Morgan fingerprint density at radius 1 is 1.07 bits per heavy atom. The Kier molecular flexibility index (Phi) is 5.61. The highest BCUT2D eigenvalue weighted by Crippen LogP contribution is 2.31. The molecule has 4 aromatic rings. The van der Waals surface area contributed by atoms with Crippen LogP contribution in [-0.4, -0.2) is 25.8 Å². The van der Waals surface area contributed by atoms with E-state index in [4.69, 9.17) is 5.73 Å². The molecule has 1 fully saturated rings. The van der Waals surface area contributed by atoms with Gasteiger partial charge < -0.3 is 11.1 Å². The van der Waals surface area contributed by atoms with Gasteiger partial charge in [-0.15, -0.1) is 0 Å². The maximum atomic E-state index is 11.9. The average Bonchev–Trinajstić information content (AvgIpc) is 3.61. The lowest BCUT2D eigenvalue weighted by molar-refractivity contribution is -0.117. The standard InChI is InChI=1S/C18H17N5O.C5H5N/c1-10-4-5-20-8-13(10)15-6-12-7-16(23-18(24)11-2-3-11)21-9-14(12)17(19)22-15;1-2-4-6-5-3-1/h4-9,11H,2-3H2,1H3,(H2,19,22)(H,21,23,24);1-5H. The van der Waals surface area contributed by atoms with Crippen LogP contribution in [0.5, 0.6) is 0 Å². The van der Waals surface area contributed by atoms with Gasteiger partial charge in [-0.2, -0.15) is 0 Å². The van der Waals surface area contributed by atoms with Crippen molar-refractivity contribution in [3.8, 4) is 11.3 Å². The molecule has 1 saturated carbocycles. The van der Waals surface area contributed by atoms with Crippen molar-refractivity contribution in [2.45, 2.75) is 19.8 Å². The van der Waals surface area contributed by atoms with E-state index in [0.717, 1.165) is 40.4 Å². The summed E-state index contributed by atoms with van der Waals surface area (Å²) < 4.78 is 0. The zero-order chi connectivity index (χ0) is 20.9. The Hall–Kier alpha value is -3.87. The zero-order valence-electron chi connectivity index (χ0n) is 16.6. The lowest BCUT2D eigenvalue weighted by atomic mass is 10.1. The van der Waals surface area contributed by atoms with Gasteiger partial charge in [0.2, 0.25) is 5.91 Å². The number of carbonyl (C=O) groups is 1. The fourth-order valence-electron chi connectivity index (χ4n) is 3.00. The van der Waals surface area contributed by atoms with Crippen LogP contribution in [0.25, 0.3) is 22.0 Å². The third kappa shape index (κ3) is 4.57. The molecule has 0 saturated heterocycles. The van der Waals surface area contributed by atoms with Crippen LogP contribution in [0.3, 0.4) is 0 Å². The number of nitrogen functional groups attached to an aromatic ring is 1. The summed E-state index contributed by atoms with van der Waals surface area (Å²) in [6, 6.07) is 11.4. The molecule has 4 heterocycles. The van der Waals surface area contributed by atoms with E-state index in [2.05, 4.69) is 25.3 Å². The van der Waals surface area contributed by atoms with Gasteiger partial charge in [0.25, 0.3) is 0 Å². The van der Waals surface area contributed by atoms with Crippen LogP contribution < -0.4 is 11.1 Å². The van der Waals surface area contributed by atoms with Crippen molar-refractivity contribution in [1.29, 1.82) is 0 Å². The van der Waals surface area contributed by atoms with Gasteiger partial charge in [0, 0.05) is 47.9 Å². The number of nitrogens with two attached hydrogens (primary N) is 1. The van der Waals surface area contributed by atoms with Crippen LogP contribution in [0, 0.1) is 12.8 Å². The summed E-state index contributed by atoms with van der Waals surface area (Å²) in [5, 5.41) is 4.52. The second-order valence-electron chi connectivity index (χ2n) is 7.16. The summed E-state index contributed by atoms with van der Waals surface area (Å²) in [5.74, 6) is 1.13. The van der Waals surface area contributed by atoms with E-state index in [9.17, 15) is 4.79 Å². The second kappa shape index (κ2) is 8.65. The Morgan fingerprint density at radius 2 is 1.87 bits per heavy atom. The number of fused-ring (bicyclic) bond motifs is 1. The number of aromatic nitrogens is 4. The molecule has 0 unspecified atom stereocenters. The van der Waals surface area contributed by atoms with Gasteiger partial charge in [-0.05, 0) is 61.0 Å². The van der Waals surface area contributed by atoms with Crippen LogP contribution in [0.15, 0.2) is 67.4 Å². The minimum Gasteiger partial charge on any atom is -0.383 e. The van der Waals surface area contributed by atoms with Crippen LogP contribution in [0.1, 0.15) is 18.4 Å². The number of carbonyl (C=O) groups excluding carboxylic acids is 1. The fourth-order valence-corrected chi connectivity index (χ4v) is 3.00. The highest BCUT2D eigenvalue weighted by atomic mass is 16.2. The maximum Gasteiger partial charge on any atom is 0.228 e. The number of rotatable bonds is 3. The number of hydrogen-bond donors (Lipinski definition) is 2. The average molecular weight is 398 g/mol. The van der Waals surface area contributed by atoms with Gasteiger partial charge in [-0.1, -0.05) is 6.07 Å². The highest BCUT2D eigenvalue weighted by Gasteiger charge is 2.29. The molecule has 0 aliphatic heterocycles. The Morgan fingerprint density at radius 3 is 2.50 bits per heavy atom. The van der Waals surface area contributed by atoms with Gasteiger partial charge in [-0.25, -0.2) is 9.97 Å². The largest absolute Gasteiger partial charge is 0.383 e. The van der Waals surface area contributed by atoms with E-state index in [1.165, 1.54) is 0 Å². The molecule has 3 N–H and O–H groups in total. The van der Waals surface area contributed by atoms with Crippen molar-refractivity contribution < 1.29 is 4.79 Å². The Balaban J connectivity index is 0.000000313. The quantitative estimate of drug-likeness (QED) is 0.540. The van der Waals surface area contributed by atoms with Gasteiger partial charge in [-0.3, -0.25) is 14.8 Å². The molecule has 0 spiro atoms. The maximum absolute atomic E-state index is 11.9. The van der Waals surface area contributed by atoms with Gasteiger partial charge in [0.1, 0.15) is 11.6 Å². The summed E-state index contributed by atoms with van der Waals surface area (Å²) in [7, 11) is 0. The van der Waals surface area contributed by atoms with Gasteiger partial charge in [0.15, 0.2) is 0 Å². The molecule has 150 valence electrons. The third-order valence-corrected chi connectivity index (χ3v) is 4.83. The van der Waals surface area contributed by atoms with Crippen LogP contribution in [-0.2, 0) is 4.79 Å². The van der Waals surface area contributed by atoms with Gasteiger partial charge >= 0.3 is 0 Å². The summed E-state index contributed by atoms with van der Waals surface area (Å²) in [4.78, 5) is 28.6. The molecule has 1 aliphatic carbocycles. The first kappa shape index (κ1) is 19.4. The normalized spacial score (nSPS) is 12.7. The van der Waals surface area contributed by atoms with E-state index < -0.39 is 0 Å². The Labute approximate surface area is 174 Å². The number of anilines is 2. The molecule has 7 heteroatoms. The predicted molar refractivity (Wildman–Crippen MR) is 118 cm³/mol. The molecule has 0 aromatic carbocycles. The number of pyridine rings is 4. The monoisotopic (exact) mass is 398 g/mol.